The number of rotatable bonds is 7. The molecular weight excluding hydrogens is 272 g/mol. The number of unbranched alkanes of at least 4 members (excludes halogenated alkanes) is 1. The van der Waals surface area contributed by atoms with Crippen LogP contribution in [0.15, 0.2) is 49.1 Å². The highest BCUT2D eigenvalue weighted by molar-refractivity contribution is 5.41. The van der Waals surface area contributed by atoms with Gasteiger partial charge >= 0.3 is 0 Å². The van der Waals surface area contributed by atoms with Crippen LogP contribution in [0.4, 0.5) is 11.4 Å². The van der Waals surface area contributed by atoms with E-state index >= 15 is 0 Å². The number of pyridine rings is 2. The first-order chi connectivity index (χ1) is 10.6. The molecule has 0 saturated carbocycles. The van der Waals surface area contributed by atoms with E-state index in [0.717, 1.165) is 13.1 Å². The maximum atomic E-state index is 2.26. The summed E-state index contributed by atoms with van der Waals surface area (Å²) in [6, 6.07) is 8.65. The van der Waals surface area contributed by atoms with Crippen LogP contribution in [-0.2, 0) is 13.1 Å². The van der Waals surface area contributed by atoms with Crippen LogP contribution in [0.25, 0.3) is 0 Å². The van der Waals surface area contributed by atoms with Crippen molar-refractivity contribution >= 4 is 11.4 Å². The zero-order chi connectivity index (χ0) is 15.9. The molecule has 2 rings (SSSR count). The van der Waals surface area contributed by atoms with Gasteiger partial charge in [-0.05, 0) is 0 Å². The normalized spacial score (nSPS) is 10.5. The number of anilines is 2. The first-order valence-corrected chi connectivity index (χ1v) is 7.89. The van der Waals surface area contributed by atoms with Crippen molar-refractivity contribution in [2.24, 2.45) is 0 Å². The summed E-state index contributed by atoms with van der Waals surface area (Å²) in [5, 5.41) is 0. The van der Waals surface area contributed by atoms with E-state index in [1.807, 2.05) is 0 Å². The first kappa shape index (κ1) is 16.3. The molecule has 0 unspecified atom stereocenters. The Morgan fingerprint density at radius 1 is 0.636 bits per heavy atom. The molecule has 0 aliphatic rings. The van der Waals surface area contributed by atoms with Crippen molar-refractivity contribution in [1.29, 1.82) is 0 Å². The lowest BCUT2D eigenvalue weighted by Crippen LogP contribution is -2.35. The van der Waals surface area contributed by atoms with Crippen molar-refractivity contribution in [2.45, 2.75) is 25.9 Å². The Labute approximate surface area is 134 Å². The molecule has 2 aromatic rings. The monoisotopic (exact) mass is 300 g/mol. The van der Waals surface area contributed by atoms with E-state index in [0.29, 0.717) is 0 Å². The molecule has 0 aliphatic carbocycles. The van der Waals surface area contributed by atoms with Gasteiger partial charge in [0.15, 0.2) is 24.8 Å². The fourth-order valence-corrected chi connectivity index (χ4v) is 2.38. The van der Waals surface area contributed by atoms with Crippen LogP contribution >= 0.6 is 0 Å². The van der Waals surface area contributed by atoms with Gasteiger partial charge in [-0.1, -0.05) is 0 Å². The number of nitrogens with zero attached hydrogens (tertiary/aromatic N) is 4. The van der Waals surface area contributed by atoms with Crippen molar-refractivity contribution < 1.29 is 9.13 Å². The van der Waals surface area contributed by atoms with Gasteiger partial charge in [-0.15, -0.1) is 0 Å². The van der Waals surface area contributed by atoms with Gasteiger partial charge in [-0.2, -0.15) is 0 Å². The summed E-state index contributed by atoms with van der Waals surface area (Å²) in [5.74, 6) is 0. The van der Waals surface area contributed by atoms with E-state index in [2.05, 4.69) is 96.2 Å². The van der Waals surface area contributed by atoms with Gasteiger partial charge in [0.05, 0.1) is 0 Å². The molecule has 0 atom stereocenters. The van der Waals surface area contributed by atoms with Crippen molar-refractivity contribution in [3.63, 3.8) is 0 Å². The zero-order valence-electron chi connectivity index (χ0n) is 14.2. The first-order valence-electron chi connectivity index (χ1n) is 7.89. The fraction of sp³-hybridized carbons (Fsp3) is 0.444. The SMILES string of the molecule is CN(C)c1cc[n+](CCCC[n+]2ccc(N(C)C)cc2)cc1. The third kappa shape index (κ3) is 4.72. The van der Waals surface area contributed by atoms with Crippen LogP contribution in [0.2, 0.25) is 0 Å². The second kappa shape index (κ2) is 7.78. The van der Waals surface area contributed by atoms with Gasteiger partial charge in [0.2, 0.25) is 0 Å². The molecule has 118 valence electrons. The predicted molar refractivity (Wildman–Crippen MR) is 91.2 cm³/mol. The number of hydrogen-bond donors (Lipinski definition) is 0. The minimum atomic E-state index is 1.07. The second-order valence-corrected chi connectivity index (χ2v) is 6.08. The quantitative estimate of drug-likeness (QED) is 0.572. The molecule has 2 aromatic heterocycles. The molecule has 0 bridgehead atoms. The van der Waals surface area contributed by atoms with E-state index in [9.17, 15) is 0 Å². The third-order valence-corrected chi connectivity index (χ3v) is 3.86. The van der Waals surface area contributed by atoms with E-state index < -0.39 is 0 Å². The lowest BCUT2D eigenvalue weighted by molar-refractivity contribution is -0.708. The van der Waals surface area contributed by atoms with E-state index in [1.54, 1.807) is 0 Å². The van der Waals surface area contributed by atoms with Crippen molar-refractivity contribution in [3.8, 4) is 0 Å². The Hall–Kier alpha value is -2.10. The lowest BCUT2D eigenvalue weighted by Gasteiger charge is -2.10. The molecular formula is C18H28N4+2. The van der Waals surface area contributed by atoms with Crippen LogP contribution < -0.4 is 18.9 Å². The molecule has 0 amide bonds. The van der Waals surface area contributed by atoms with Gasteiger partial charge in [-0.3, -0.25) is 0 Å². The molecule has 0 spiro atoms. The number of aromatic nitrogens is 2. The van der Waals surface area contributed by atoms with Crippen molar-refractivity contribution in [2.75, 3.05) is 38.0 Å². The maximum absolute atomic E-state index is 2.26. The third-order valence-electron chi connectivity index (χ3n) is 3.86. The highest BCUT2D eigenvalue weighted by Gasteiger charge is 2.05. The van der Waals surface area contributed by atoms with Gasteiger partial charge in [0.25, 0.3) is 0 Å². The summed E-state index contributed by atoms with van der Waals surface area (Å²) in [6.07, 6.45) is 11.0. The number of aryl methyl sites for hydroxylation is 2. The average molecular weight is 300 g/mol. The van der Waals surface area contributed by atoms with Gasteiger partial charge in [0.1, 0.15) is 13.1 Å². The molecule has 0 fully saturated rings. The molecule has 22 heavy (non-hydrogen) atoms. The fourth-order valence-electron chi connectivity index (χ4n) is 2.38. The van der Waals surface area contributed by atoms with Gasteiger partial charge in [-0.25, -0.2) is 9.13 Å². The van der Waals surface area contributed by atoms with Crippen molar-refractivity contribution in [1.82, 2.24) is 0 Å². The largest absolute Gasteiger partial charge is 0.377 e. The summed E-state index contributed by atoms with van der Waals surface area (Å²) >= 11 is 0. The van der Waals surface area contributed by atoms with Crippen LogP contribution in [0.1, 0.15) is 12.8 Å². The Morgan fingerprint density at radius 3 is 1.23 bits per heavy atom. The summed E-state index contributed by atoms with van der Waals surface area (Å²) in [4.78, 5) is 4.25. The Bertz CT molecular complexity index is 505. The van der Waals surface area contributed by atoms with E-state index in [-0.39, 0.29) is 0 Å². The molecule has 0 radical (unpaired) electrons. The minimum absolute atomic E-state index is 1.07. The molecule has 4 nitrogen and oxygen atoms in total. The molecule has 0 aromatic carbocycles. The Morgan fingerprint density at radius 2 is 0.955 bits per heavy atom. The smallest absolute Gasteiger partial charge is 0.170 e. The molecule has 0 aliphatic heterocycles. The topological polar surface area (TPSA) is 14.2 Å². The maximum Gasteiger partial charge on any atom is 0.170 e. The molecule has 4 heteroatoms. The Balaban J connectivity index is 1.74. The van der Waals surface area contributed by atoms with Crippen molar-refractivity contribution in [3.05, 3.63) is 49.1 Å². The van der Waals surface area contributed by atoms with Crippen LogP contribution in [0, 0.1) is 0 Å². The molecule has 0 saturated heterocycles. The Kier molecular flexibility index (Phi) is 5.75. The predicted octanol–water partition coefficient (Wildman–Crippen LogP) is 1.87. The second-order valence-electron chi connectivity index (χ2n) is 6.08. The number of hydrogen-bond acceptors (Lipinski definition) is 2. The zero-order valence-corrected chi connectivity index (χ0v) is 14.2. The van der Waals surface area contributed by atoms with Crippen LogP contribution in [0.5, 0.6) is 0 Å². The average Bonchev–Trinajstić information content (AvgIpc) is 2.52. The summed E-state index contributed by atoms with van der Waals surface area (Å²) in [6.45, 7) is 2.15. The summed E-state index contributed by atoms with van der Waals surface area (Å²) in [7, 11) is 8.27. The molecule has 0 N–H and O–H groups in total. The summed E-state index contributed by atoms with van der Waals surface area (Å²) < 4.78 is 4.51. The highest BCUT2D eigenvalue weighted by Crippen LogP contribution is 2.07. The van der Waals surface area contributed by atoms with Gasteiger partial charge < -0.3 is 9.80 Å². The van der Waals surface area contributed by atoms with Gasteiger partial charge in [0, 0.05) is 76.7 Å². The molecule has 2 heterocycles. The standard InChI is InChI=1S/C18H28N4/c1-19(2)17-7-13-21(14-8-17)11-5-6-12-22-15-9-18(10-16-22)20(3)4/h7-10,13-16H,5-6,11-12H2,1-4H3/q+2. The lowest BCUT2D eigenvalue weighted by atomic mass is 10.3. The van der Waals surface area contributed by atoms with Crippen LogP contribution in [-0.4, -0.2) is 28.2 Å². The summed E-state index contributed by atoms with van der Waals surface area (Å²) in [5.41, 5.74) is 2.49. The minimum Gasteiger partial charge on any atom is -0.377 e. The van der Waals surface area contributed by atoms with Crippen LogP contribution in [0.3, 0.4) is 0 Å². The highest BCUT2D eigenvalue weighted by atomic mass is 15.1. The van der Waals surface area contributed by atoms with E-state index in [1.165, 1.54) is 24.2 Å². The van der Waals surface area contributed by atoms with E-state index in [4.69, 9.17) is 0 Å².